The van der Waals surface area contributed by atoms with E-state index in [1.165, 1.54) is 6.26 Å². The Hall–Kier alpha value is -4.16. The molecule has 0 amide bonds. The maximum Gasteiger partial charge on any atom is 0.329 e. The molecule has 1 fully saturated rings. The van der Waals surface area contributed by atoms with Crippen LogP contribution in [0.25, 0.3) is 21.9 Å². The Morgan fingerprint density at radius 2 is 1.48 bits per heavy atom. The Morgan fingerprint density at radius 3 is 2.11 bits per heavy atom. The first-order valence-corrected chi connectivity index (χ1v) is 17.1. The van der Waals surface area contributed by atoms with E-state index in [4.69, 9.17) is 19.3 Å². The van der Waals surface area contributed by atoms with Crippen molar-refractivity contribution < 1.29 is 37.6 Å². The van der Waals surface area contributed by atoms with E-state index in [9.17, 15) is 18.3 Å². The van der Waals surface area contributed by atoms with E-state index in [2.05, 4.69) is 23.6 Å². The van der Waals surface area contributed by atoms with Gasteiger partial charge in [-0.3, -0.25) is 9.80 Å². The number of aliphatic carboxylic acids is 1. The molecule has 0 spiro atoms. The zero-order chi connectivity index (χ0) is 32.8. The number of carboxylic acid groups (broad SMARTS) is 1. The van der Waals surface area contributed by atoms with Crippen LogP contribution in [-0.4, -0.2) is 98.7 Å². The fourth-order valence-electron chi connectivity index (χ4n) is 5.74. The molecule has 1 aliphatic heterocycles. The molecule has 5 rings (SSSR count). The average molecular weight is 649 g/mol. The molecule has 0 unspecified atom stereocenters. The summed E-state index contributed by atoms with van der Waals surface area (Å²) in [5.41, 5.74) is 1.59. The van der Waals surface area contributed by atoms with Gasteiger partial charge in [0.15, 0.2) is 9.84 Å². The number of carboxylic acids is 1. The van der Waals surface area contributed by atoms with Crippen LogP contribution in [0, 0.1) is 0 Å². The average Bonchev–Trinajstić information content (AvgIpc) is 3.01. The molecule has 4 aromatic carbocycles. The third-order valence-electron chi connectivity index (χ3n) is 8.23. The molecule has 2 atom stereocenters. The van der Waals surface area contributed by atoms with Gasteiger partial charge in [-0.1, -0.05) is 18.2 Å². The van der Waals surface area contributed by atoms with Crippen molar-refractivity contribution in [2.75, 3.05) is 52.3 Å². The lowest BCUT2D eigenvalue weighted by molar-refractivity contribution is -0.142. The van der Waals surface area contributed by atoms with Gasteiger partial charge in [0, 0.05) is 55.5 Å². The Bertz CT molecular complexity index is 1760. The van der Waals surface area contributed by atoms with Crippen LogP contribution in [-0.2, 0) is 19.4 Å². The van der Waals surface area contributed by atoms with E-state index >= 15 is 0 Å². The van der Waals surface area contributed by atoms with E-state index in [-0.39, 0.29) is 17.3 Å². The molecule has 1 heterocycles. The van der Waals surface area contributed by atoms with Crippen LogP contribution in [0.5, 0.6) is 23.0 Å². The van der Waals surface area contributed by atoms with Crippen molar-refractivity contribution in [1.29, 1.82) is 0 Å². The van der Waals surface area contributed by atoms with E-state index in [1.807, 2.05) is 36.4 Å². The predicted molar refractivity (Wildman–Crippen MR) is 177 cm³/mol. The molecule has 0 radical (unpaired) electrons. The highest BCUT2D eigenvalue weighted by Crippen LogP contribution is 2.41. The third-order valence-corrected chi connectivity index (χ3v) is 9.36. The molecular weight excluding hydrogens is 608 g/mol. The van der Waals surface area contributed by atoms with Crippen molar-refractivity contribution in [3.63, 3.8) is 0 Å². The number of hydrogen-bond donors (Lipinski definition) is 2. The first kappa shape index (κ1) is 33.2. The summed E-state index contributed by atoms with van der Waals surface area (Å²) in [7, 11) is -3.33. The second-order valence-electron chi connectivity index (χ2n) is 11.7. The first-order chi connectivity index (χ1) is 22.0. The number of aromatic hydroxyl groups is 1. The largest absolute Gasteiger partial charge is 0.508 e. The molecule has 11 heteroatoms. The minimum Gasteiger partial charge on any atom is -0.508 e. The normalized spacial score (nSPS) is 17.6. The van der Waals surface area contributed by atoms with Crippen LogP contribution in [0.2, 0.25) is 0 Å². The zero-order valence-electron chi connectivity index (χ0n) is 26.3. The summed E-state index contributed by atoms with van der Waals surface area (Å²) in [6.07, 6.45) is 1.18. The fourth-order valence-corrected chi connectivity index (χ4v) is 6.37. The van der Waals surface area contributed by atoms with E-state index in [1.54, 1.807) is 42.5 Å². The van der Waals surface area contributed by atoms with Crippen LogP contribution in [0.4, 0.5) is 0 Å². The fraction of sp³-hybridized carbons (Fsp3) is 0.343. The Morgan fingerprint density at radius 1 is 0.848 bits per heavy atom. The third kappa shape index (κ3) is 8.35. The van der Waals surface area contributed by atoms with Gasteiger partial charge in [0.05, 0.1) is 11.5 Å². The van der Waals surface area contributed by atoms with Gasteiger partial charge in [0.25, 0.3) is 0 Å². The molecule has 0 aromatic heterocycles. The SMILES string of the molecule is C[C@@H]1CN(CCOc2ccc(Oc3c(-c4ccc(S(C)(=O)=O)cc4)ccc4cc(O)ccc34)cc2)[C@@H](C)CN1CCOCC(=O)O. The van der Waals surface area contributed by atoms with Gasteiger partial charge in [-0.05, 0) is 85.5 Å². The minimum absolute atomic E-state index is 0.151. The Labute approximate surface area is 269 Å². The quantitative estimate of drug-likeness (QED) is 0.185. The number of benzene rings is 4. The highest BCUT2D eigenvalue weighted by Gasteiger charge is 2.28. The van der Waals surface area contributed by atoms with Crippen LogP contribution < -0.4 is 9.47 Å². The summed E-state index contributed by atoms with van der Waals surface area (Å²) < 4.78 is 41.7. The topological polar surface area (TPSA) is 126 Å². The molecule has 0 bridgehead atoms. The number of hydrogen-bond acceptors (Lipinski definition) is 9. The van der Waals surface area contributed by atoms with Crippen molar-refractivity contribution in [1.82, 2.24) is 9.80 Å². The maximum atomic E-state index is 12.0. The molecular formula is C35H40N2O8S. The van der Waals surface area contributed by atoms with E-state index in [0.29, 0.717) is 43.3 Å². The number of fused-ring (bicyclic) bond motifs is 1. The van der Waals surface area contributed by atoms with Crippen LogP contribution in [0.1, 0.15) is 13.8 Å². The number of ether oxygens (including phenoxy) is 3. The van der Waals surface area contributed by atoms with Crippen molar-refractivity contribution in [2.24, 2.45) is 0 Å². The van der Waals surface area contributed by atoms with E-state index in [0.717, 1.165) is 47.3 Å². The Kier molecular flexibility index (Phi) is 10.5. The number of piperazine rings is 1. The van der Waals surface area contributed by atoms with Crippen molar-refractivity contribution in [3.8, 4) is 34.1 Å². The highest BCUT2D eigenvalue weighted by atomic mass is 32.2. The lowest BCUT2D eigenvalue weighted by Crippen LogP contribution is -2.57. The number of nitrogens with zero attached hydrogens (tertiary/aromatic N) is 2. The number of rotatable bonds is 13. The van der Waals surface area contributed by atoms with Crippen LogP contribution >= 0.6 is 0 Å². The molecule has 0 aliphatic carbocycles. The summed E-state index contributed by atoms with van der Waals surface area (Å²) >= 11 is 0. The molecule has 10 nitrogen and oxygen atoms in total. The summed E-state index contributed by atoms with van der Waals surface area (Å²) in [6.45, 7) is 8.26. The van der Waals surface area contributed by atoms with Gasteiger partial charge in [-0.15, -0.1) is 0 Å². The molecule has 244 valence electrons. The maximum absolute atomic E-state index is 12.0. The monoisotopic (exact) mass is 648 g/mol. The molecule has 2 N–H and O–H groups in total. The van der Waals surface area contributed by atoms with Crippen molar-refractivity contribution >= 4 is 26.6 Å². The molecule has 4 aromatic rings. The number of phenols is 1. The second-order valence-corrected chi connectivity index (χ2v) is 13.7. The van der Waals surface area contributed by atoms with E-state index < -0.39 is 15.8 Å². The molecule has 1 aliphatic rings. The minimum atomic E-state index is -3.33. The summed E-state index contributed by atoms with van der Waals surface area (Å²) in [5, 5.41) is 20.4. The van der Waals surface area contributed by atoms with Crippen molar-refractivity contribution in [2.45, 2.75) is 30.8 Å². The molecule has 0 saturated carbocycles. The number of carbonyl (C=O) groups is 1. The van der Waals surface area contributed by atoms with Gasteiger partial charge in [0.1, 0.15) is 36.2 Å². The predicted octanol–water partition coefficient (Wildman–Crippen LogP) is 5.28. The summed E-state index contributed by atoms with van der Waals surface area (Å²) in [6, 6.07) is 23.7. The van der Waals surface area contributed by atoms with Gasteiger partial charge in [-0.2, -0.15) is 0 Å². The van der Waals surface area contributed by atoms with Gasteiger partial charge in [-0.25, -0.2) is 13.2 Å². The highest BCUT2D eigenvalue weighted by molar-refractivity contribution is 7.90. The standard InChI is InChI=1S/C35H40N2O8S/c1-24-22-37(25(2)21-36(24)16-18-43-23-34(39)40)17-19-44-29-8-10-30(11-9-29)45-35-32(14-6-27-20-28(38)7-15-33(27)35)26-4-12-31(13-5-26)46(3,41)42/h4-15,20,24-25,38H,16-19,21-23H2,1-3H3,(H,39,40)/t24-,25+/m1/s1. The van der Waals surface area contributed by atoms with Crippen LogP contribution in [0.15, 0.2) is 83.8 Å². The smallest absolute Gasteiger partial charge is 0.329 e. The molecule has 46 heavy (non-hydrogen) atoms. The molecule has 1 saturated heterocycles. The van der Waals surface area contributed by atoms with Crippen LogP contribution in [0.3, 0.4) is 0 Å². The van der Waals surface area contributed by atoms with Gasteiger partial charge >= 0.3 is 5.97 Å². The Balaban J connectivity index is 1.22. The first-order valence-electron chi connectivity index (χ1n) is 15.2. The zero-order valence-corrected chi connectivity index (χ0v) is 27.1. The lowest BCUT2D eigenvalue weighted by atomic mass is 9.99. The summed E-state index contributed by atoms with van der Waals surface area (Å²) in [4.78, 5) is 15.6. The summed E-state index contributed by atoms with van der Waals surface area (Å²) in [5.74, 6) is 1.12. The lowest BCUT2D eigenvalue weighted by Gasteiger charge is -2.44. The van der Waals surface area contributed by atoms with Gasteiger partial charge in [0.2, 0.25) is 0 Å². The number of phenolic OH excluding ortho intramolecular Hbond substituents is 1. The van der Waals surface area contributed by atoms with Gasteiger partial charge < -0.3 is 24.4 Å². The number of sulfone groups is 1. The van der Waals surface area contributed by atoms with Crippen molar-refractivity contribution in [3.05, 3.63) is 78.9 Å². The second kappa shape index (κ2) is 14.5.